The summed E-state index contributed by atoms with van der Waals surface area (Å²) in [4.78, 5) is 4.64. The van der Waals surface area contributed by atoms with Crippen LogP contribution >= 0.6 is 11.8 Å². The van der Waals surface area contributed by atoms with Gasteiger partial charge in [0, 0.05) is 5.39 Å². The molecule has 1 N–H and O–H groups in total. The second kappa shape index (κ2) is 6.07. The number of hydrogen-bond donors (Lipinski definition) is 1. The lowest BCUT2D eigenvalue weighted by Gasteiger charge is -2.13. The number of fused-ring (bicyclic) bond motifs is 1. The highest BCUT2D eigenvalue weighted by molar-refractivity contribution is 7.99. The Bertz CT molecular complexity index is 699. The SMILES string of the molecule is OC[C@H](Sc1ccc2ccccc2n1)c1ccccc1. The van der Waals surface area contributed by atoms with Gasteiger partial charge < -0.3 is 5.11 Å². The summed E-state index contributed by atoms with van der Waals surface area (Å²) in [6, 6.07) is 22.2. The van der Waals surface area contributed by atoms with Gasteiger partial charge in [-0.15, -0.1) is 0 Å². The van der Waals surface area contributed by atoms with Crippen LogP contribution < -0.4 is 0 Å². The molecule has 3 heteroatoms. The molecule has 0 spiro atoms. The van der Waals surface area contributed by atoms with Crippen LogP contribution in [0.4, 0.5) is 0 Å². The molecule has 0 saturated carbocycles. The number of aliphatic hydroxyl groups excluding tert-OH is 1. The molecule has 1 heterocycles. The fourth-order valence-corrected chi connectivity index (χ4v) is 3.09. The summed E-state index contributed by atoms with van der Waals surface area (Å²) in [7, 11) is 0. The first-order chi connectivity index (χ1) is 9.86. The number of para-hydroxylation sites is 1. The molecule has 0 amide bonds. The van der Waals surface area contributed by atoms with E-state index in [2.05, 4.69) is 17.1 Å². The van der Waals surface area contributed by atoms with Crippen molar-refractivity contribution in [2.24, 2.45) is 0 Å². The standard InChI is InChI=1S/C17H15NOS/c19-12-16(14-7-2-1-3-8-14)20-17-11-10-13-6-4-5-9-15(13)18-17/h1-11,16,19H,12H2/t16-/m0/s1. The fraction of sp³-hybridized carbons (Fsp3) is 0.118. The Hall–Kier alpha value is -1.84. The summed E-state index contributed by atoms with van der Waals surface area (Å²) < 4.78 is 0. The van der Waals surface area contributed by atoms with Crippen LogP contribution in [0.5, 0.6) is 0 Å². The summed E-state index contributed by atoms with van der Waals surface area (Å²) in [6.07, 6.45) is 0. The summed E-state index contributed by atoms with van der Waals surface area (Å²) >= 11 is 1.60. The van der Waals surface area contributed by atoms with E-state index in [9.17, 15) is 5.11 Å². The molecule has 0 aliphatic carbocycles. The van der Waals surface area contributed by atoms with Crippen LogP contribution in [0.25, 0.3) is 10.9 Å². The third-order valence-electron chi connectivity index (χ3n) is 3.17. The molecule has 0 fully saturated rings. The number of aromatic nitrogens is 1. The number of nitrogens with zero attached hydrogens (tertiary/aromatic N) is 1. The molecule has 0 aliphatic rings. The van der Waals surface area contributed by atoms with E-state index in [1.165, 1.54) is 0 Å². The maximum Gasteiger partial charge on any atom is 0.0974 e. The molecule has 100 valence electrons. The molecule has 2 nitrogen and oxygen atoms in total. The second-order valence-electron chi connectivity index (χ2n) is 4.54. The van der Waals surface area contributed by atoms with Gasteiger partial charge in [-0.3, -0.25) is 0 Å². The Balaban J connectivity index is 1.87. The van der Waals surface area contributed by atoms with E-state index in [0.717, 1.165) is 21.5 Å². The van der Waals surface area contributed by atoms with Gasteiger partial charge in [-0.2, -0.15) is 0 Å². The first-order valence-corrected chi connectivity index (χ1v) is 7.43. The number of pyridine rings is 1. The number of hydrogen-bond acceptors (Lipinski definition) is 3. The smallest absolute Gasteiger partial charge is 0.0974 e. The first-order valence-electron chi connectivity index (χ1n) is 6.55. The Morgan fingerprint density at radius 3 is 2.45 bits per heavy atom. The molecule has 0 bridgehead atoms. The minimum atomic E-state index is 0.0184. The fourth-order valence-electron chi connectivity index (χ4n) is 2.14. The monoisotopic (exact) mass is 281 g/mol. The van der Waals surface area contributed by atoms with Gasteiger partial charge in [0.15, 0.2) is 0 Å². The molecular weight excluding hydrogens is 266 g/mol. The van der Waals surface area contributed by atoms with E-state index in [-0.39, 0.29) is 11.9 Å². The number of aliphatic hydroxyl groups is 1. The molecule has 0 unspecified atom stereocenters. The zero-order valence-electron chi connectivity index (χ0n) is 10.9. The summed E-state index contributed by atoms with van der Waals surface area (Å²) in [5.41, 5.74) is 2.11. The minimum Gasteiger partial charge on any atom is -0.395 e. The van der Waals surface area contributed by atoms with Crippen molar-refractivity contribution >= 4 is 22.7 Å². The van der Waals surface area contributed by atoms with Crippen LogP contribution in [0.2, 0.25) is 0 Å². The van der Waals surface area contributed by atoms with Crippen LogP contribution in [0.1, 0.15) is 10.8 Å². The van der Waals surface area contributed by atoms with E-state index in [4.69, 9.17) is 0 Å². The number of benzene rings is 2. The normalized spacial score (nSPS) is 12.4. The van der Waals surface area contributed by atoms with E-state index in [1.807, 2.05) is 54.6 Å². The highest BCUT2D eigenvalue weighted by Gasteiger charge is 2.12. The highest BCUT2D eigenvalue weighted by Crippen LogP contribution is 2.34. The van der Waals surface area contributed by atoms with Crippen LogP contribution in [-0.4, -0.2) is 16.7 Å². The highest BCUT2D eigenvalue weighted by atomic mass is 32.2. The van der Waals surface area contributed by atoms with Gasteiger partial charge in [0.05, 0.1) is 22.4 Å². The van der Waals surface area contributed by atoms with E-state index in [1.54, 1.807) is 11.8 Å². The Morgan fingerprint density at radius 1 is 0.900 bits per heavy atom. The van der Waals surface area contributed by atoms with E-state index >= 15 is 0 Å². The lowest BCUT2D eigenvalue weighted by atomic mass is 10.2. The van der Waals surface area contributed by atoms with Gasteiger partial charge in [0.25, 0.3) is 0 Å². The molecule has 0 radical (unpaired) electrons. The topological polar surface area (TPSA) is 33.1 Å². The maximum absolute atomic E-state index is 9.61. The molecule has 1 aromatic heterocycles. The maximum atomic E-state index is 9.61. The van der Waals surface area contributed by atoms with Crippen LogP contribution in [0.3, 0.4) is 0 Å². The summed E-state index contributed by atoms with van der Waals surface area (Å²) in [6.45, 7) is 0.100. The van der Waals surface area contributed by atoms with Gasteiger partial charge in [0.1, 0.15) is 0 Å². The van der Waals surface area contributed by atoms with Crippen molar-refractivity contribution in [3.05, 3.63) is 72.3 Å². The first kappa shape index (κ1) is 13.2. The zero-order valence-corrected chi connectivity index (χ0v) is 11.8. The number of thioether (sulfide) groups is 1. The van der Waals surface area contributed by atoms with Gasteiger partial charge in [-0.25, -0.2) is 4.98 Å². The van der Waals surface area contributed by atoms with E-state index in [0.29, 0.717) is 0 Å². The largest absolute Gasteiger partial charge is 0.395 e. The van der Waals surface area contributed by atoms with Crippen molar-refractivity contribution in [1.29, 1.82) is 0 Å². The summed E-state index contributed by atoms with van der Waals surface area (Å²) in [5, 5.41) is 11.7. The molecule has 2 aromatic carbocycles. The van der Waals surface area contributed by atoms with Crippen LogP contribution in [0.15, 0.2) is 71.8 Å². The average molecular weight is 281 g/mol. The minimum absolute atomic E-state index is 0.0184. The second-order valence-corrected chi connectivity index (χ2v) is 5.76. The molecule has 20 heavy (non-hydrogen) atoms. The van der Waals surface area contributed by atoms with Crippen LogP contribution in [-0.2, 0) is 0 Å². The Morgan fingerprint density at radius 2 is 1.65 bits per heavy atom. The molecule has 0 saturated heterocycles. The van der Waals surface area contributed by atoms with E-state index < -0.39 is 0 Å². The van der Waals surface area contributed by atoms with Crippen molar-refractivity contribution < 1.29 is 5.11 Å². The van der Waals surface area contributed by atoms with Gasteiger partial charge >= 0.3 is 0 Å². The van der Waals surface area contributed by atoms with Crippen LogP contribution in [0, 0.1) is 0 Å². The molecular formula is C17H15NOS. The summed E-state index contributed by atoms with van der Waals surface area (Å²) in [5.74, 6) is 0. The third kappa shape index (κ3) is 2.84. The molecule has 3 rings (SSSR count). The molecule has 0 aliphatic heterocycles. The Labute approximate surface area is 122 Å². The quantitative estimate of drug-likeness (QED) is 0.732. The van der Waals surface area contributed by atoms with Gasteiger partial charge in [-0.05, 0) is 17.7 Å². The average Bonchev–Trinajstić information content (AvgIpc) is 2.53. The van der Waals surface area contributed by atoms with Crippen molar-refractivity contribution in [2.75, 3.05) is 6.61 Å². The molecule has 3 aromatic rings. The zero-order chi connectivity index (χ0) is 13.8. The van der Waals surface area contributed by atoms with Gasteiger partial charge in [-0.1, -0.05) is 66.4 Å². The predicted octanol–water partition coefficient (Wildman–Crippen LogP) is 4.06. The lowest BCUT2D eigenvalue weighted by molar-refractivity contribution is 0.296. The van der Waals surface area contributed by atoms with Crippen molar-refractivity contribution in [1.82, 2.24) is 4.98 Å². The van der Waals surface area contributed by atoms with Crippen molar-refractivity contribution in [2.45, 2.75) is 10.3 Å². The van der Waals surface area contributed by atoms with Crippen molar-refractivity contribution in [3.63, 3.8) is 0 Å². The third-order valence-corrected chi connectivity index (χ3v) is 4.35. The predicted molar refractivity (Wildman–Crippen MR) is 83.9 cm³/mol. The Kier molecular flexibility index (Phi) is 4.00. The number of rotatable bonds is 4. The van der Waals surface area contributed by atoms with Crippen molar-refractivity contribution in [3.8, 4) is 0 Å². The molecule has 1 atom stereocenters. The lowest BCUT2D eigenvalue weighted by Crippen LogP contribution is -2.00. The van der Waals surface area contributed by atoms with Gasteiger partial charge in [0.2, 0.25) is 0 Å².